The molecule has 4 N–H and O–H groups in total. The van der Waals surface area contributed by atoms with E-state index in [9.17, 15) is 4.79 Å². The molecule has 0 radical (unpaired) electrons. The van der Waals surface area contributed by atoms with Gasteiger partial charge in [0.05, 0.1) is 25.0 Å². The average molecular weight is 414 g/mol. The Morgan fingerprint density at radius 3 is 2.62 bits per heavy atom. The normalized spacial score (nSPS) is 10.3. The minimum atomic E-state index is -0.401. The molecular weight excluding hydrogens is 394 g/mol. The van der Waals surface area contributed by atoms with Gasteiger partial charge in [-0.2, -0.15) is 0 Å². The highest BCUT2D eigenvalue weighted by Crippen LogP contribution is 2.33. The number of esters is 1. The molecule has 0 aliphatic carbocycles. The zero-order valence-corrected chi connectivity index (χ0v) is 16.7. The topological polar surface area (TPSA) is 111 Å². The monoisotopic (exact) mass is 413 g/mol. The van der Waals surface area contributed by atoms with E-state index in [-0.39, 0.29) is 5.69 Å². The number of anilines is 5. The van der Waals surface area contributed by atoms with E-state index < -0.39 is 5.97 Å². The summed E-state index contributed by atoms with van der Waals surface area (Å²) in [6, 6.07) is 12.0. The van der Waals surface area contributed by atoms with Crippen LogP contribution in [0.1, 0.15) is 17.3 Å². The van der Waals surface area contributed by atoms with Crippen LogP contribution < -0.4 is 21.1 Å². The average Bonchev–Trinajstić information content (AvgIpc) is 2.71. The molecule has 0 aliphatic heterocycles. The molecule has 8 nitrogen and oxygen atoms in total. The fourth-order valence-electron chi connectivity index (χ4n) is 2.58. The van der Waals surface area contributed by atoms with Crippen LogP contribution in [0.3, 0.4) is 0 Å². The number of rotatable bonds is 7. The van der Waals surface area contributed by atoms with Crippen LogP contribution in [0.4, 0.5) is 28.7 Å². The number of benzene rings is 2. The highest BCUT2D eigenvalue weighted by molar-refractivity contribution is 6.31. The van der Waals surface area contributed by atoms with Gasteiger partial charge in [0.15, 0.2) is 11.6 Å². The minimum Gasteiger partial charge on any atom is -0.495 e. The summed E-state index contributed by atoms with van der Waals surface area (Å²) in [5.74, 6) is 0.945. The van der Waals surface area contributed by atoms with E-state index in [2.05, 4.69) is 20.6 Å². The van der Waals surface area contributed by atoms with E-state index in [1.54, 1.807) is 56.5 Å². The second-order valence-electron chi connectivity index (χ2n) is 5.88. The molecule has 1 aromatic heterocycles. The van der Waals surface area contributed by atoms with Crippen molar-refractivity contribution in [1.29, 1.82) is 0 Å². The summed E-state index contributed by atoms with van der Waals surface area (Å²) < 4.78 is 10.4. The number of nitrogens with two attached hydrogens (primary N) is 1. The van der Waals surface area contributed by atoms with Crippen molar-refractivity contribution in [3.63, 3.8) is 0 Å². The lowest BCUT2D eigenvalue weighted by Gasteiger charge is -2.15. The van der Waals surface area contributed by atoms with Crippen LogP contribution in [0.5, 0.6) is 5.75 Å². The van der Waals surface area contributed by atoms with Gasteiger partial charge in [0, 0.05) is 10.7 Å². The molecule has 0 amide bonds. The number of ether oxygens (including phenoxy) is 2. The lowest BCUT2D eigenvalue weighted by atomic mass is 10.2. The highest BCUT2D eigenvalue weighted by Gasteiger charge is 2.13. The van der Waals surface area contributed by atoms with Crippen LogP contribution in [0, 0.1) is 0 Å². The van der Waals surface area contributed by atoms with Gasteiger partial charge in [0.1, 0.15) is 17.8 Å². The Labute approximate surface area is 173 Å². The predicted molar refractivity (Wildman–Crippen MR) is 113 cm³/mol. The van der Waals surface area contributed by atoms with Crippen LogP contribution in [0.15, 0.2) is 48.8 Å². The summed E-state index contributed by atoms with van der Waals surface area (Å²) in [6.07, 6.45) is 1.37. The van der Waals surface area contributed by atoms with Gasteiger partial charge in [-0.1, -0.05) is 17.7 Å². The van der Waals surface area contributed by atoms with Gasteiger partial charge in [-0.15, -0.1) is 0 Å². The number of hydrogen-bond donors (Lipinski definition) is 3. The first-order valence-electron chi connectivity index (χ1n) is 8.77. The number of carbonyl (C=O) groups is 1. The Morgan fingerprint density at radius 1 is 1.14 bits per heavy atom. The molecule has 3 rings (SSSR count). The number of halogens is 1. The summed E-state index contributed by atoms with van der Waals surface area (Å²) in [4.78, 5) is 20.3. The van der Waals surface area contributed by atoms with Crippen molar-refractivity contribution >= 4 is 46.3 Å². The Balaban J connectivity index is 1.86. The molecule has 0 saturated carbocycles. The Bertz CT molecular complexity index is 1030. The number of aromatic nitrogens is 2. The fraction of sp³-hybridized carbons (Fsp3) is 0.150. The van der Waals surface area contributed by atoms with Gasteiger partial charge in [-0.05, 0) is 43.3 Å². The van der Waals surface area contributed by atoms with Crippen molar-refractivity contribution in [2.75, 3.05) is 30.1 Å². The number of nitrogen functional groups attached to an aromatic ring is 1. The summed E-state index contributed by atoms with van der Waals surface area (Å²) >= 11 is 6.07. The number of hydrogen-bond acceptors (Lipinski definition) is 8. The Morgan fingerprint density at radius 2 is 1.90 bits per heavy atom. The second kappa shape index (κ2) is 9.11. The van der Waals surface area contributed by atoms with E-state index in [1.165, 1.54) is 6.33 Å². The minimum absolute atomic E-state index is 0.288. The first-order valence-corrected chi connectivity index (χ1v) is 9.15. The largest absolute Gasteiger partial charge is 0.495 e. The van der Waals surface area contributed by atoms with Crippen molar-refractivity contribution in [3.8, 4) is 5.75 Å². The van der Waals surface area contributed by atoms with Gasteiger partial charge < -0.3 is 25.8 Å². The standard InChI is InChI=1S/C20H20ClN5O3/c1-3-29-20(27)12-5-4-6-14(9-12)25-18-17(22)19(24-11-23-18)26-15-10-13(21)7-8-16(15)28-2/h4-11H,3,22H2,1-2H3,(H2,23,24,25,26). The first-order chi connectivity index (χ1) is 14.0. The molecule has 29 heavy (non-hydrogen) atoms. The summed E-state index contributed by atoms with van der Waals surface area (Å²) in [5, 5.41) is 6.74. The lowest BCUT2D eigenvalue weighted by Crippen LogP contribution is -2.07. The van der Waals surface area contributed by atoms with E-state index in [4.69, 9.17) is 26.8 Å². The van der Waals surface area contributed by atoms with E-state index in [0.29, 0.717) is 46.0 Å². The lowest BCUT2D eigenvalue weighted by molar-refractivity contribution is 0.0526. The molecule has 3 aromatic rings. The third kappa shape index (κ3) is 4.85. The Hall–Kier alpha value is -3.52. The third-order valence-electron chi connectivity index (χ3n) is 3.93. The summed E-state index contributed by atoms with van der Waals surface area (Å²) in [7, 11) is 1.56. The second-order valence-corrected chi connectivity index (χ2v) is 6.32. The van der Waals surface area contributed by atoms with Crippen molar-refractivity contribution in [2.24, 2.45) is 0 Å². The maximum atomic E-state index is 11.9. The molecule has 150 valence electrons. The predicted octanol–water partition coefficient (Wildman–Crippen LogP) is 4.38. The van der Waals surface area contributed by atoms with Crippen LogP contribution in [-0.4, -0.2) is 29.7 Å². The zero-order chi connectivity index (χ0) is 20.8. The van der Waals surface area contributed by atoms with Crippen LogP contribution in [0.25, 0.3) is 0 Å². The summed E-state index contributed by atoms with van der Waals surface area (Å²) in [6.45, 7) is 2.06. The van der Waals surface area contributed by atoms with Crippen molar-refractivity contribution < 1.29 is 14.3 Å². The van der Waals surface area contributed by atoms with Crippen molar-refractivity contribution in [2.45, 2.75) is 6.92 Å². The maximum absolute atomic E-state index is 11.9. The smallest absolute Gasteiger partial charge is 0.338 e. The van der Waals surface area contributed by atoms with Crippen LogP contribution >= 0.6 is 11.6 Å². The number of methoxy groups -OCH3 is 1. The quantitative estimate of drug-likeness (QED) is 0.489. The van der Waals surface area contributed by atoms with Crippen molar-refractivity contribution in [3.05, 3.63) is 59.4 Å². The number of nitrogens with one attached hydrogen (secondary N) is 2. The molecular formula is C20H20ClN5O3. The molecule has 1 heterocycles. The zero-order valence-electron chi connectivity index (χ0n) is 15.9. The summed E-state index contributed by atoms with van der Waals surface area (Å²) in [5.41, 5.74) is 8.19. The fourth-order valence-corrected chi connectivity index (χ4v) is 2.75. The SMILES string of the molecule is CCOC(=O)c1cccc(Nc2ncnc(Nc3cc(Cl)ccc3OC)c2N)c1. The molecule has 0 saturated heterocycles. The van der Waals surface area contributed by atoms with E-state index in [0.717, 1.165) is 0 Å². The van der Waals surface area contributed by atoms with E-state index in [1.807, 2.05) is 0 Å². The molecule has 0 aliphatic rings. The van der Waals surface area contributed by atoms with Crippen LogP contribution in [-0.2, 0) is 4.74 Å². The molecule has 9 heteroatoms. The molecule has 0 fully saturated rings. The van der Waals surface area contributed by atoms with Crippen LogP contribution in [0.2, 0.25) is 5.02 Å². The Kier molecular flexibility index (Phi) is 6.36. The van der Waals surface area contributed by atoms with Gasteiger partial charge >= 0.3 is 5.97 Å². The number of nitrogens with zero attached hydrogens (tertiary/aromatic N) is 2. The van der Waals surface area contributed by atoms with Gasteiger partial charge in [-0.3, -0.25) is 0 Å². The molecule has 0 atom stereocenters. The maximum Gasteiger partial charge on any atom is 0.338 e. The van der Waals surface area contributed by atoms with Gasteiger partial charge in [0.25, 0.3) is 0 Å². The molecule has 0 spiro atoms. The molecule has 0 unspecified atom stereocenters. The van der Waals surface area contributed by atoms with E-state index >= 15 is 0 Å². The molecule has 0 bridgehead atoms. The van der Waals surface area contributed by atoms with Crippen molar-refractivity contribution in [1.82, 2.24) is 9.97 Å². The number of carbonyl (C=O) groups excluding carboxylic acids is 1. The third-order valence-corrected chi connectivity index (χ3v) is 4.17. The van der Waals surface area contributed by atoms with Gasteiger partial charge in [0.2, 0.25) is 0 Å². The molecule has 2 aromatic carbocycles. The highest BCUT2D eigenvalue weighted by atomic mass is 35.5. The first kappa shape index (κ1) is 20.2. The van der Waals surface area contributed by atoms with Gasteiger partial charge in [-0.25, -0.2) is 14.8 Å².